The standard InChI is InChI=1S/C24H32N4OS.C3H8/c1-5-19(20-16-26-28(22(20)7-3)18-11-9-8-10-12-18)24(29)27-21(6-2)17-13-14-25-23(15-17)30-4;1-3-2/h5,7,13-16,18,21H,3,6,8-12H2,1-2,4H3,(H,27,29);3H2,1-2H3/b19-5+;. The minimum Gasteiger partial charge on any atom is -0.345 e. The van der Waals surface area contributed by atoms with Gasteiger partial charge in [-0.2, -0.15) is 5.10 Å². The Morgan fingerprint density at radius 3 is 2.58 bits per heavy atom. The summed E-state index contributed by atoms with van der Waals surface area (Å²) in [5, 5.41) is 8.82. The molecule has 2 aromatic rings. The first-order valence-corrected chi connectivity index (χ1v) is 13.4. The van der Waals surface area contributed by atoms with Crippen LogP contribution in [0.25, 0.3) is 11.6 Å². The fourth-order valence-corrected chi connectivity index (χ4v) is 4.64. The third-order valence-corrected chi connectivity index (χ3v) is 6.50. The highest BCUT2D eigenvalue weighted by Gasteiger charge is 2.24. The molecule has 1 aliphatic rings. The zero-order valence-corrected chi connectivity index (χ0v) is 21.8. The van der Waals surface area contributed by atoms with Crippen LogP contribution in [0.1, 0.15) is 102 Å². The van der Waals surface area contributed by atoms with Crippen LogP contribution in [-0.4, -0.2) is 26.9 Å². The molecule has 0 saturated heterocycles. The van der Waals surface area contributed by atoms with Crippen molar-refractivity contribution in [1.29, 1.82) is 0 Å². The van der Waals surface area contributed by atoms with Gasteiger partial charge >= 0.3 is 0 Å². The molecule has 0 aromatic carbocycles. The van der Waals surface area contributed by atoms with E-state index in [0.29, 0.717) is 11.6 Å². The van der Waals surface area contributed by atoms with Crippen LogP contribution in [-0.2, 0) is 4.79 Å². The maximum Gasteiger partial charge on any atom is 0.252 e. The van der Waals surface area contributed by atoms with Gasteiger partial charge in [0, 0.05) is 17.3 Å². The zero-order chi connectivity index (χ0) is 24.2. The number of carbonyl (C=O) groups excluding carboxylic acids is 1. The van der Waals surface area contributed by atoms with Gasteiger partial charge in [0.15, 0.2) is 0 Å². The molecule has 1 atom stereocenters. The predicted molar refractivity (Wildman–Crippen MR) is 141 cm³/mol. The van der Waals surface area contributed by atoms with E-state index in [1.807, 2.05) is 43.7 Å². The number of nitrogens with one attached hydrogen (secondary N) is 1. The van der Waals surface area contributed by atoms with Gasteiger partial charge in [0.1, 0.15) is 0 Å². The van der Waals surface area contributed by atoms with Crippen molar-refractivity contribution in [1.82, 2.24) is 20.1 Å². The molecule has 1 aliphatic carbocycles. The number of carbonyl (C=O) groups is 1. The Morgan fingerprint density at radius 2 is 2.00 bits per heavy atom. The highest BCUT2D eigenvalue weighted by Crippen LogP contribution is 2.32. The van der Waals surface area contributed by atoms with E-state index in [1.165, 1.54) is 25.7 Å². The minimum atomic E-state index is -0.0850. The number of pyridine rings is 1. The molecule has 33 heavy (non-hydrogen) atoms. The fraction of sp³-hybridized carbons (Fsp3) is 0.519. The van der Waals surface area contributed by atoms with E-state index in [1.54, 1.807) is 18.0 Å². The van der Waals surface area contributed by atoms with E-state index >= 15 is 0 Å². The van der Waals surface area contributed by atoms with Crippen molar-refractivity contribution in [2.24, 2.45) is 0 Å². The number of amides is 1. The maximum atomic E-state index is 13.3. The third-order valence-electron chi connectivity index (χ3n) is 5.86. The Kier molecular flexibility index (Phi) is 11.4. The van der Waals surface area contributed by atoms with Gasteiger partial charge in [-0.25, -0.2) is 4.98 Å². The van der Waals surface area contributed by atoms with Gasteiger partial charge < -0.3 is 5.32 Å². The molecule has 0 aliphatic heterocycles. The number of hydrogen-bond donors (Lipinski definition) is 1. The highest BCUT2D eigenvalue weighted by atomic mass is 32.2. The second kappa shape index (κ2) is 14.0. The van der Waals surface area contributed by atoms with Crippen molar-refractivity contribution in [3.63, 3.8) is 0 Å². The van der Waals surface area contributed by atoms with E-state index < -0.39 is 0 Å². The summed E-state index contributed by atoms with van der Waals surface area (Å²) >= 11 is 1.60. The highest BCUT2D eigenvalue weighted by molar-refractivity contribution is 7.98. The SMILES string of the molecule is C=Cc1c(/C(=C\C)C(=O)NC(CC)c2ccnc(SC)c2)cnn1C1CCCCC1.CCC. The second-order valence-electron chi connectivity index (χ2n) is 8.36. The van der Waals surface area contributed by atoms with Crippen LogP contribution in [0.5, 0.6) is 0 Å². The van der Waals surface area contributed by atoms with Gasteiger partial charge in [-0.05, 0) is 56.2 Å². The molecule has 1 amide bonds. The van der Waals surface area contributed by atoms with Crippen molar-refractivity contribution in [3.8, 4) is 0 Å². The van der Waals surface area contributed by atoms with Crippen LogP contribution in [0.15, 0.2) is 42.2 Å². The molecule has 0 bridgehead atoms. The van der Waals surface area contributed by atoms with Crippen LogP contribution < -0.4 is 5.32 Å². The van der Waals surface area contributed by atoms with Gasteiger partial charge in [0.2, 0.25) is 0 Å². The average Bonchev–Trinajstić information content (AvgIpc) is 3.27. The van der Waals surface area contributed by atoms with E-state index in [4.69, 9.17) is 0 Å². The summed E-state index contributed by atoms with van der Waals surface area (Å²) in [6.45, 7) is 12.2. The van der Waals surface area contributed by atoms with Gasteiger partial charge in [0.25, 0.3) is 5.91 Å². The molecule has 0 radical (unpaired) electrons. The molecule has 0 spiro atoms. The van der Waals surface area contributed by atoms with Gasteiger partial charge in [-0.3, -0.25) is 9.48 Å². The summed E-state index contributed by atoms with van der Waals surface area (Å²) in [7, 11) is 0. The number of hydrogen-bond acceptors (Lipinski definition) is 4. The number of rotatable bonds is 8. The van der Waals surface area contributed by atoms with Crippen molar-refractivity contribution < 1.29 is 4.79 Å². The fourth-order valence-electron chi connectivity index (χ4n) is 4.22. The number of allylic oxidation sites excluding steroid dienone is 1. The van der Waals surface area contributed by atoms with Crippen molar-refractivity contribution in [3.05, 3.63) is 54.0 Å². The lowest BCUT2D eigenvalue weighted by Gasteiger charge is -2.23. The van der Waals surface area contributed by atoms with Crippen LogP contribution in [0, 0.1) is 0 Å². The summed E-state index contributed by atoms with van der Waals surface area (Å²) in [5.41, 5.74) is 3.50. The molecule has 3 rings (SSSR count). The Hall–Kier alpha value is -2.34. The Bertz CT molecular complexity index is 928. The largest absolute Gasteiger partial charge is 0.345 e. The van der Waals surface area contributed by atoms with E-state index in [2.05, 4.69) is 47.4 Å². The Balaban J connectivity index is 0.00000122. The van der Waals surface area contributed by atoms with Gasteiger partial charge in [0.05, 0.1) is 29.0 Å². The lowest BCUT2D eigenvalue weighted by atomic mass is 9.95. The number of aromatic nitrogens is 3. The topological polar surface area (TPSA) is 59.8 Å². The molecule has 2 heterocycles. The van der Waals surface area contributed by atoms with Crippen molar-refractivity contribution in [2.45, 2.75) is 89.8 Å². The van der Waals surface area contributed by atoms with Gasteiger partial charge in [-0.1, -0.05) is 59.1 Å². The summed E-state index contributed by atoms with van der Waals surface area (Å²) in [6.07, 6.45) is 17.4. The molecular weight excluding hydrogens is 428 g/mol. The molecule has 1 unspecified atom stereocenters. The monoisotopic (exact) mass is 468 g/mol. The maximum absolute atomic E-state index is 13.3. The molecular formula is C27H40N4OS. The summed E-state index contributed by atoms with van der Waals surface area (Å²) in [6, 6.07) is 4.35. The number of nitrogens with zero attached hydrogens (tertiary/aromatic N) is 3. The predicted octanol–water partition coefficient (Wildman–Crippen LogP) is 7.24. The smallest absolute Gasteiger partial charge is 0.252 e. The Labute approximate surface area is 204 Å². The molecule has 5 nitrogen and oxygen atoms in total. The normalized spacial score (nSPS) is 15.4. The molecule has 2 aromatic heterocycles. The first-order valence-electron chi connectivity index (χ1n) is 12.2. The minimum absolute atomic E-state index is 0.0677. The first-order chi connectivity index (χ1) is 16.0. The Morgan fingerprint density at radius 1 is 1.30 bits per heavy atom. The third kappa shape index (κ3) is 7.07. The average molecular weight is 469 g/mol. The molecule has 6 heteroatoms. The lowest BCUT2D eigenvalue weighted by Crippen LogP contribution is -2.29. The van der Waals surface area contributed by atoms with E-state index in [9.17, 15) is 4.79 Å². The lowest BCUT2D eigenvalue weighted by molar-refractivity contribution is -0.116. The molecule has 1 N–H and O–H groups in total. The molecule has 180 valence electrons. The second-order valence-corrected chi connectivity index (χ2v) is 9.19. The van der Waals surface area contributed by atoms with Crippen LogP contribution >= 0.6 is 11.8 Å². The summed E-state index contributed by atoms with van der Waals surface area (Å²) in [4.78, 5) is 17.6. The first kappa shape index (κ1) is 26.9. The van der Waals surface area contributed by atoms with Crippen LogP contribution in [0.3, 0.4) is 0 Å². The van der Waals surface area contributed by atoms with E-state index in [-0.39, 0.29) is 11.9 Å². The summed E-state index contributed by atoms with van der Waals surface area (Å²) in [5.74, 6) is -0.0850. The van der Waals surface area contributed by atoms with Crippen molar-refractivity contribution in [2.75, 3.05) is 6.26 Å². The molecule has 1 fully saturated rings. The van der Waals surface area contributed by atoms with Crippen LogP contribution in [0.2, 0.25) is 0 Å². The molecule has 1 saturated carbocycles. The summed E-state index contributed by atoms with van der Waals surface area (Å²) < 4.78 is 2.07. The van der Waals surface area contributed by atoms with E-state index in [0.717, 1.165) is 41.1 Å². The van der Waals surface area contributed by atoms with Crippen LogP contribution in [0.4, 0.5) is 0 Å². The van der Waals surface area contributed by atoms with Gasteiger partial charge in [-0.15, -0.1) is 11.8 Å². The quantitative estimate of drug-likeness (QED) is 0.328. The number of thioether (sulfide) groups is 1. The zero-order valence-electron chi connectivity index (χ0n) is 20.9. The van der Waals surface area contributed by atoms with Crippen molar-refractivity contribution >= 4 is 29.3 Å².